The van der Waals surface area contributed by atoms with Crippen LogP contribution in [0.4, 0.5) is 0 Å². The number of benzene rings is 1. The Bertz CT molecular complexity index is 408. The highest BCUT2D eigenvalue weighted by molar-refractivity contribution is 5.69. The minimum absolute atomic E-state index is 1.13. The molecule has 1 aliphatic rings. The summed E-state index contributed by atoms with van der Waals surface area (Å²) in [5.74, 6) is 0. The second kappa shape index (κ2) is 4.48. The zero-order chi connectivity index (χ0) is 10.7. The molecule has 0 amide bonds. The molecule has 0 heteroatoms. The fourth-order valence-corrected chi connectivity index (χ4v) is 2.14. The molecule has 0 saturated heterocycles. The Morgan fingerprint density at radius 2 is 2.13 bits per heavy atom. The van der Waals surface area contributed by atoms with Gasteiger partial charge in [-0.1, -0.05) is 43.4 Å². The van der Waals surface area contributed by atoms with Crippen molar-refractivity contribution in [3.05, 3.63) is 53.1 Å². The van der Waals surface area contributed by atoms with E-state index in [-0.39, 0.29) is 0 Å². The third-order valence-corrected chi connectivity index (χ3v) is 3.11. The Balaban J connectivity index is 2.33. The average molecular weight is 198 g/mol. The predicted octanol–water partition coefficient (Wildman–Crippen LogP) is 4.29. The summed E-state index contributed by atoms with van der Waals surface area (Å²) in [6, 6.07) is 6.85. The van der Waals surface area contributed by atoms with E-state index in [4.69, 9.17) is 0 Å². The molecule has 0 aliphatic heterocycles. The van der Waals surface area contributed by atoms with Crippen molar-refractivity contribution in [3.8, 4) is 0 Å². The SMILES string of the molecule is CCc1ccc(C2=CC=CCC2)cc1C. The maximum absolute atomic E-state index is 2.32. The summed E-state index contributed by atoms with van der Waals surface area (Å²) in [6.07, 6.45) is 10.1. The first-order valence-electron chi connectivity index (χ1n) is 5.77. The molecule has 0 spiro atoms. The number of allylic oxidation sites excluding steroid dienone is 4. The summed E-state index contributed by atoms with van der Waals surface area (Å²) in [4.78, 5) is 0. The lowest BCUT2D eigenvalue weighted by molar-refractivity contribution is 1.05. The van der Waals surface area contributed by atoms with Crippen molar-refractivity contribution < 1.29 is 0 Å². The van der Waals surface area contributed by atoms with Crippen LogP contribution in [0.5, 0.6) is 0 Å². The van der Waals surface area contributed by atoms with Crippen molar-refractivity contribution in [1.82, 2.24) is 0 Å². The van der Waals surface area contributed by atoms with Gasteiger partial charge in [0.25, 0.3) is 0 Å². The van der Waals surface area contributed by atoms with Crippen molar-refractivity contribution in [2.45, 2.75) is 33.1 Å². The van der Waals surface area contributed by atoms with E-state index in [1.165, 1.54) is 35.1 Å². The van der Waals surface area contributed by atoms with Gasteiger partial charge in [0.05, 0.1) is 0 Å². The summed E-state index contributed by atoms with van der Waals surface area (Å²) in [5.41, 5.74) is 5.76. The van der Waals surface area contributed by atoms with E-state index >= 15 is 0 Å². The number of rotatable bonds is 2. The Morgan fingerprint density at radius 3 is 2.73 bits per heavy atom. The molecule has 0 nitrogen and oxygen atoms in total. The van der Waals surface area contributed by atoms with Crippen LogP contribution in [-0.4, -0.2) is 0 Å². The van der Waals surface area contributed by atoms with Gasteiger partial charge in [0, 0.05) is 0 Å². The lowest BCUT2D eigenvalue weighted by Gasteiger charge is -2.11. The first kappa shape index (κ1) is 10.2. The molecule has 0 fully saturated rings. The third kappa shape index (κ3) is 2.20. The van der Waals surface area contributed by atoms with E-state index in [1.807, 2.05) is 0 Å². The van der Waals surface area contributed by atoms with Gasteiger partial charge in [-0.05, 0) is 48.4 Å². The van der Waals surface area contributed by atoms with Gasteiger partial charge in [0.15, 0.2) is 0 Å². The van der Waals surface area contributed by atoms with Gasteiger partial charge >= 0.3 is 0 Å². The standard InChI is InChI=1S/C15H18/c1-3-13-9-10-15(11-12(13)2)14-7-5-4-6-8-14/h4-5,7,9-11H,3,6,8H2,1-2H3. The summed E-state index contributed by atoms with van der Waals surface area (Å²) in [7, 11) is 0. The Labute approximate surface area is 92.3 Å². The molecule has 0 radical (unpaired) electrons. The van der Waals surface area contributed by atoms with Crippen LogP contribution in [-0.2, 0) is 6.42 Å². The van der Waals surface area contributed by atoms with Crippen LogP contribution >= 0.6 is 0 Å². The fraction of sp³-hybridized carbons (Fsp3) is 0.333. The minimum atomic E-state index is 1.13. The van der Waals surface area contributed by atoms with Crippen LogP contribution < -0.4 is 0 Å². The van der Waals surface area contributed by atoms with Gasteiger partial charge in [-0.15, -0.1) is 0 Å². The smallest absolute Gasteiger partial charge is 0.0222 e. The van der Waals surface area contributed by atoms with Gasteiger partial charge in [-0.3, -0.25) is 0 Å². The van der Waals surface area contributed by atoms with Crippen molar-refractivity contribution in [2.75, 3.05) is 0 Å². The highest BCUT2D eigenvalue weighted by Gasteiger charge is 2.04. The second-order valence-electron chi connectivity index (χ2n) is 4.15. The normalized spacial score (nSPS) is 15.2. The molecule has 1 aliphatic carbocycles. The first-order valence-corrected chi connectivity index (χ1v) is 5.77. The van der Waals surface area contributed by atoms with Crippen molar-refractivity contribution in [3.63, 3.8) is 0 Å². The van der Waals surface area contributed by atoms with E-state index in [0.29, 0.717) is 0 Å². The zero-order valence-corrected chi connectivity index (χ0v) is 9.59. The molecule has 78 valence electrons. The molecule has 15 heavy (non-hydrogen) atoms. The van der Waals surface area contributed by atoms with Gasteiger partial charge in [-0.2, -0.15) is 0 Å². The maximum Gasteiger partial charge on any atom is -0.0222 e. The van der Waals surface area contributed by atoms with Crippen molar-refractivity contribution >= 4 is 5.57 Å². The summed E-state index contributed by atoms with van der Waals surface area (Å²) >= 11 is 0. The van der Waals surface area contributed by atoms with E-state index in [1.54, 1.807) is 0 Å². The summed E-state index contributed by atoms with van der Waals surface area (Å²) in [6.45, 7) is 4.42. The van der Waals surface area contributed by atoms with Gasteiger partial charge < -0.3 is 0 Å². The molecule has 0 atom stereocenters. The lowest BCUT2D eigenvalue weighted by Crippen LogP contribution is -1.92. The molecule has 0 bridgehead atoms. The van der Waals surface area contributed by atoms with Crippen LogP contribution in [0.2, 0.25) is 0 Å². The molecule has 2 rings (SSSR count). The highest BCUT2D eigenvalue weighted by atomic mass is 14.1. The predicted molar refractivity (Wildman–Crippen MR) is 66.9 cm³/mol. The van der Waals surface area contributed by atoms with Crippen molar-refractivity contribution in [2.24, 2.45) is 0 Å². The van der Waals surface area contributed by atoms with Crippen LogP contribution in [0.3, 0.4) is 0 Å². The van der Waals surface area contributed by atoms with E-state index in [2.05, 4.69) is 50.3 Å². The Kier molecular flexibility index (Phi) is 3.05. The number of hydrogen-bond donors (Lipinski definition) is 0. The summed E-state index contributed by atoms with van der Waals surface area (Å²) < 4.78 is 0. The van der Waals surface area contributed by atoms with Crippen molar-refractivity contribution in [1.29, 1.82) is 0 Å². The highest BCUT2D eigenvalue weighted by Crippen LogP contribution is 2.25. The quantitative estimate of drug-likeness (QED) is 0.665. The van der Waals surface area contributed by atoms with Crippen LogP contribution in [0.1, 0.15) is 36.5 Å². The monoisotopic (exact) mass is 198 g/mol. The number of aryl methyl sites for hydroxylation is 2. The molecular weight excluding hydrogens is 180 g/mol. The van der Waals surface area contributed by atoms with E-state index in [0.717, 1.165) is 6.42 Å². The molecule has 0 saturated carbocycles. The molecule has 0 unspecified atom stereocenters. The topological polar surface area (TPSA) is 0 Å². The van der Waals surface area contributed by atoms with E-state index < -0.39 is 0 Å². The largest absolute Gasteiger partial charge is 0.0842 e. The Morgan fingerprint density at radius 1 is 1.27 bits per heavy atom. The molecule has 1 aromatic carbocycles. The molecule has 1 aromatic rings. The Hall–Kier alpha value is -1.30. The molecule has 0 heterocycles. The van der Waals surface area contributed by atoms with Crippen LogP contribution in [0.25, 0.3) is 5.57 Å². The minimum Gasteiger partial charge on any atom is -0.0842 e. The number of hydrogen-bond acceptors (Lipinski definition) is 0. The molecule has 0 N–H and O–H groups in total. The molecular formula is C15H18. The lowest BCUT2D eigenvalue weighted by atomic mass is 9.94. The van der Waals surface area contributed by atoms with E-state index in [9.17, 15) is 0 Å². The fourth-order valence-electron chi connectivity index (χ4n) is 2.14. The summed E-state index contributed by atoms with van der Waals surface area (Å²) in [5, 5.41) is 0. The zero-order valence-electron chi connectivity index (χ0n) is 9.59. The third-order valence-electron chi connectivity index (χ3n) is 3.11. The van der Waals surface area contributed by atoms with Crippen LogP contribution in [0, 0.1) is 6.92 Å². The average Bonchev–Trinajstić information content (AvgIpc) is 2.30. The molecule has 0 aromatic heterocycles. The van der Waals surface area contributed by atoms with Crippen LogP contribution in [0.15, 0.2) is 36.4 Å². The van der Waals surface area contributed by atoms with Gasteiger partial charge in [0.1, 0.15) is 0 Å². The van der Waals surface area contributed by atoms with Gasteiger partial charge in [-0.25, -0.2) is 0 Å². The van der Waals surface area contributed by atoms with Gasteiger partial charge in [0.2, 0.25) is 0 Å². The first-order chi connectivity index (χ1) is 7.31. The second-order valence-corrected chi connectivity index (χ2v) is 4.15. The maximum atomic E-state index is 2.32.